The van der Waals surface area contributed by atoms with Crippen LogP contribution >= 0.6 is 23.0 Å². The molecule has 0 heterocycles. The summed E-state index contributed by atoms with van der Waals surface area (Å²) in [6, 6.07) is 4.90. The van der Waals surface area contributed by atoms with Crippen LogP contribution < -0.4 is 12.5 Å². The lowest BCUT2D eigenvalue weighted by Gasteiger charge is -2.31. The zero-order valence-corrected chi connectivity index (χ0v) is 19.3. The van der Waals surface area contributed by atoms with Crippen LogP contribution in [0.3, 0.4) is 0 Å². The average molecular weight is 542 g/mol. The molecule has 0 bridgehead atoms. The van der Waals surface area contributed by atoms with Gasteiger partial charge >= 0.3 is 0 Å². The number of aliphatic hydroxyl groups is 1. The summed E-state index contributed by atoms with van der Waals surface area (Å²) in [5.41, 5.74) is 2.26. The van der Waals surface area contributed by atoms with Gasteiger partial charge in [-0.3, -0.25) is 13.8 Å². The molecule has 4 rings (SSSR count). The maximum Gasteiger partial charge on any atom is 0.202 e. The van der Waals surface area contributed by atoms with Gasteiger partial charge in [-0.1, -0.05) is 12.1 Å². The van der Waals surface area contributed by atoms with Crippen molar-refractivity contribution in [3.05, 3.63) is 51.6 Å². The van der Waals surface area contributed by atoms with Gasteiger partial charge in [-0.2, -0.15) is 0 Å². The Morgan fingerprint density at radius 1 is 1.07 bits per heavy atom. The number of halogens is 1. The van der Waals surface area contributed by atoms with E-state index in [9.17, 15) is 18.9 Å². The number of aliphatic hydroxyl groups excluding tert-OH is 1. The Balaban J connectivity index is 2.01. The summed E-state index contributed by atoms with van der Waals surface area (Å²) in [5, 5.41) is 9.06. The van der Waals surface area contributed by atoms with Gasteiger partial charge in [0.25, 0.3) is 0 Å². The number of ketones is 2. The molecule has 7 nitrogen and oxygen atoms in total. The molecule has 158 valence electrons. The van der Waals surface area contributed by atoms with Crippen LogP contribution in [0.4, 0.5) is 0 Å². The van der Waals surface area contributed by atoms with E-state index in [-0.39, 0.29) is 39.1 Å². The van der Waals surface area contributed by atoms with Gasteiger partial charge in [-0.05, 0) is 25.3 Å². The normalized spacial score (nSPS) is 18.2. The lowest BCUT2D eigenvalue weighted by Crippen LogP contribution is -2.29. The SMILES string of the molecule is COc1cccc2c1C(=O)c1c(OC)c3c(c(OI)c1C2=O)C[C@@H](S(=O)CO)CC3. The lowest BCUT2D eigenvalue weighted by molar-refractivity contribution is 0.0972. The Morgan fingerprint density at radius 3 is 2.43 bits per heavy atom. The Kier molecular flexibility index (Phi) is 5.86. The third-order valence-electron chi connectivity index (χ3n) is 5.72. The molecule has 0 saturated carbocycles. The highest BCUT2D eigenvalue weighted by Crippen LogP contribution is 2.48. The number of carbonyl (C=O) groups is 2. The Morgan fingerprint density at radius 2 is 1.80 bits per heavy atom. The number of hydrogen-bond donors (Lipinski definition) is 1. The van der Waals surface area contributed by atoms with Gasteiger partial charge in [-0.15, -0.1) is 0 Å². The smallest absolute Gasteiger partial charge is 0.202 e. The first-order valence-corrected chi connectivity index (χ1v) is 11.5. The van der Waals surface area contributed by atoms with E-state index in [1.807, 2.05) is 0 Å². The van der Waals surface area contributed by atoms with Gasteiger partial charge in [0.05, 0.1) is 41.7 Å². The van der Waals surface area contributed by atoms with Crippen LogP contribution in [0, 0.1) is 0 Å². The first-order valence-electron chi connectivity index (χ1n) is 9.27. The summed E-state index contributed by atoms with van der Waals surface area (Å²) in [7, 11) is 1.51. The lowest BCUT2D eigenvalue weighted by atomic mass is 9.77. The van der Waals surface area contributed by atoms with Crippen molar-refractivity contribution in [3.8, 4) is 17.2 Å². The van der Waals surface area contributed by atoms with Crippen molar-refractivity contribution in [2.45, 2.75) is 24.5 Å². The summed E-state index contributed by atoms with van der Waals surface area (Å²) >= 11 is 1.70. The van der Waals surface area contributed by atoms with Crippen LogP contribution in [0.25, 0.3) is 0 Å². The van der Waals surface area contributed by atoms with E-state index in [0.29, 0.717) is 42.1 Å². The van der Waals surface area contributed by atoms with E-state index in [1.165, 1.54) is 14.2 Å². The molecular formula is C21H19IO7S. The highest BCUT2D eigenvalue weighted by atomic mass is 127. The molecule has 30 heavy (non-hydrogen) atoms. The fourth-order valence-electron chi connectivity index (χ4n) is 4.38. The number of fused-ring (bicyclic) bond motifs is 3. The molecule has 9 heteroatoms. The van der Waals surface area contributed by atoms with E-state index < -0.39 is 16.7 Å². The Hall–Kier alpha value is -1.98. The summed E-state index contributed by atoms with van der Waals surface area (Å²) in [5.74, 6) is -0.156. The van der Waals surface area contributed by atoms with Gasteiger partial charge in [0, 0.05) is 21.9 Å². The quantitative estimate of drug-likeness (QED) is 0.496. The second-order valence-corrected chi connectivity index (χ2v) is 9.19. The van der Waals surface area contributed by atoms with Crippen LogP contribution in [0.15, 0.2) is 18.2 Å². The molecule has 0 radical (unpaired) electrons. The molecule has 0 aromatic heterocycles. The van der Waals surface area contributed by atoms with Crippen LogP contribution in [0.2, 0.25) is 0 Å². The monoisotopic (exact) mass is 542 g/mol. The molecule has 2 aliphatic carbocycles. The third-order valence-corrected chi connectivity index (χ3v) is 7.56. The first-order chi connectivity index (χ1) is 14.5. The van der Waals surface area contributed by atoms with Crippen molar-refractivity contribution in [1.29, 1.82) is 0 Å². The second kappa shape index (κ2) is 8.27. The molecule has 0 amide bonds. The number of ether oxygens (including phenoxy) is 2. The highest BCUT2D eigenvalue weighted by Gasteiger charge is 2.41. The summed E-state index contributed by atoms with van der Waals surface area (Å²) in [6.07, 6.45) is 1.42. The number of rotatable bonds is 5. The van der Waals surface area contributed by atoms with Crippen molar-refractivity contribution in [3.63, 3.8) is 0 Å². The minimum absolute atomic E-state index is 0.154. The standard InChI is InChI=1S/C21H19IO7S/c1-27-14-5-3-4-12-15(14)19(25)17-16(18(12)24)21(29-22)13-8-10(30(26)9-23)6-7-11(13)20(17)28-2/h3-5,10,23H,6-9H2,1-2H3/t10-,30?/m0/s1. The van der Waals surface area contributed by atoms with Crippen molar-refractivity contribution in [2.75, 3.05) is 20.2 Å². The molecule has 2 aliphatic rings. The molecule has 2 aromatic rings. The Bertz CT molecular complexity index is 1100. The maximum atomic E-state index is 13.5. The fraction of sp³-hybridized carbons (Fsp3) is 0.333. The minimum atomic E-state index is -1.41. The number of carbonyl (C=O) groups excluding carboxylic acids is 2. The second-order valence-electron chi connectivity index (χ2n) is 7.06. The van der Waals surface area contributed by atoms with Gasteiger partial charge in [0.2, 0.25) is 5.78 Å². The third kappa shape index (κ3) is 3.05. The molecule has 1 unspecified atom stereocenters. The van der Waals surface area contributed by atoms with Gasteiger partial charge in [-0.25, -0.2) is 0 Å². The van der Waals surface area contributed by atoms with Crippen LogP contribution in [-0.4, -0.2) is 46.3 Å². The first kappa shape index (κ1) is 21.3. The molecule has 2 atom stereocenters. The number of hydrogen-bond acceptors (Lipinski definition) is 7. The van der Waals surface area contributed by atoms with E-state index in [2.05, 4.69) is 0 Å². The van der Waals surface area contributed by atoms with Crippen molar-refractivity contribution < 1.29 is 31.4 Å². The minimum Gasteiger partial charge on any atom is -0.496 e. The molecule has 0 fully saturated rings. The van der Waals surface area contributed by atoms with Gasteiger partial charge in [0.1, 0.15) is 23.2 Å². The van der Waals surface area contributed by atoms with Crippen molar-refractivity contribution >= 4 is 45.4 Å². The predicted octanol–water partition coefficient (Wildman–Crippen LogP) is 2.76. The van der Waals surface area contributed by atoms with E-state index >= 15 is 0 Å². The highest BCUT2D eigenvalue weighted by molar-refractivity contribution is 14.1. The molecular weight excluding hydrogens is 523 g/mol. The summed E-state index contributed by atoms with van der Waals surface area (Å²) < 4.78 is 28.8. The molecule has 0 spiro atoms. The predicted molar refractivity (Wildman–Crippen MR) is 119 cm³/mol. The van der Waals surface area contributed by atoms with Crippen molar-refractivity contribution in [1.82, 2.24) is 0 Å². The van der Waals surface area contributed by atoms with E-state index in [4.69, 9.17) is 12.5 Å². The average Bonchev–Trinajstić information content (AvgIpc) is 2.79. The summed E-state index contributed by atoms with van der Waals surface area (Å²) in [4.78, 5) is 27.0. The van der Waals surface area contributed by atoms with Crippen molar-refractivity contribution in [2.24, 2.45) is 0 Å². The topological polar surface area (TPSA) is 99.1 Å². The van der Waals surface area contributed by atoms with Crippen LogP contribution in [-0.2, 0) is 23.6 Å². The van der Waals surface area contributed by atoms with Gasteiger partial charge in [0.15, 0.2) is 28.8 Å². The molecule has 0 saturated heterocycles. The molecule has 1 N–H and O–H groups in total. The zero-order valence-electron chi connectivity index (χ0n) is 16.3. The van der Waals surface area contributed by atoms with Gasteiger partial charge < -0.3 is 17.6 Å². The maximum absolute atomic E-state index is 13.5. The molecule has 0 aliphatic heterocycles. The largest absolute Gasteiger partial charge is 0.496 e. The van der Waals surface area contributed by atoms with E-state index in [1.54, 1.807) is 41.2 Å². The Labute approximate surface area is 189 Å². The van der Waals surface area contributed by atoms with Crippen LogP contribution in [0.5, 0.6) is 17.2 Å². The number of methoxy groups -OCH3 is 2. The zero-order chi connectivity index (χ0) is 21.6. The molecule has 2 aromatic carbocycles. The summed E-state index contributed by atoms with van der Waals surface area (Å²) in [6.45, 7) is 0. The fourth-order valence-corrected chi connectivity index (χ4v) is 5.81. The number of benzene rings is 2. The van der Waals surface area contributed by atoms with E-state index in [0.717, 1.165) is 5.56 Å². The van der Waals surface area contributed by atoms with Crippen LogP contribution in [0.1, 0.15) is 49.4 Å².